The van der Waals surface area contributed by atoms with Gasteiger partial charge in [-0.2, -0.15) is 0 Å². The molecule has 0 aliphatic carbocycles. The van der Waals surface area contributed by atoms with Crippen molar-refractivity contribution in [2.75, 3.05) is 31.7 Å². The Kier molecular flexibility index (Phi) is 7.28. The highest BCUT2D eigenvalue weighted by molar-refractivity contribution is 7.14. The van der Waals surface area contributed by atoms with E-state index in [1.54, 1.807) is 20.8 Å². The number of thiazole rings is 1. The van der Waals surface area contributed by atoms with Crippen LogP contribution in [0.5, 0.6) is 5.75 Å². The van der Waals surface area contributed by atoms with E-state index in [-0.39, 0.29) is 12.5 Å². The van der Waals surface area contributed by atoms with Crippen molar-refractivity contribution in [2.24, 2.45) is 5.92 Å². The molecule has 2 aromatic rings. The number of alkyl carbamates (subject to hydrolysis) is 1. The number of hydrogen-bond acceptors (Lipinski definition) is 7. The number of rotatable bonds is 7. The van der Waals surface area contributed by atoms with E-state index in [1.807, 2.05) is 29.6 Å². The van der Waals surface area contributed by atoms with Crippen molar-refractivity contribution >= 4 is 28.5 Å². The van der Waals surface area contributed by atoms with Gasteiger partial charge in [-0.15, -0.1) is 11.3 Å². The van der Waals surface area contributed by atoms with Crippen molar-refractivity contribution in [2.45, 2.75) is 32.8 Å². The zero-order valence-electron chi connectivity index (χ0n) is 17.4. The Morgan fingerprint density at radius 3 is 2.90 bits per heavy atom. The van der Waals surface area contributed by atoms with Gasteiger partial charge < -0.3 is 24.8 Å². The van der Waals surface area contributed by atoms with Gasteiger partial charge in [-0.1, -0.05) is 12.1 Å². The van der Waals surface area contributed by atoms with Crippen LogP contribution in [0.25, 0.3) is 11.3 Å². The molecule has 2 heterocycles. The minimum Gasteiger partial charge on any atom is -0.493 e. The second-order valence-corrected chi connectivity index (χ2v) is 8.87. The van der Waals surface area contributed by atoms with Crippen LogP contribution in [-0.4, -0.2) is 49.0 Å². The number of ether oxygens (including phenoxy) is 3. The zero-order valence-corrected chi connectivity index (χ0v) is 18.2. The van der Waals surface area contributed by atoms with E-state index in [0.717, 1.165) is 36.6 Å². The van der Waals surface area contributed by atoms with Crippen LogP contribution in [0.3, 0.4) is 0 Å². The van der Waals surface area contributed by atoms with Gasteiger partial charge in [0.2, 0.25) is 5.91 Å². The Balaban J connectivity index is 1.51. The highest BCUT2D eigenvalue weighted by atomic mass is 32.1. The highest BCUT2D eigenvalue weighted by Gasteiger charge is 2.18. The van der Waals surface area contributed by atoms with Gasteiger partial charge in [0, 0.05) is 23.5 Å². The molecule has 1 unspecified atom stereocenters. The van der Waals surface area contributed by atoms with Crippen molar-refractivity contribution in [3.8, 4) is 17.0 Å². The number of nitrogens with zero attached hydrogens (tertiary/aromatic N) is 1. The number of benzene rings is 1. The molecule has 1 saturated heterocycles. The lowest BCUT2D eigenvalue weighted by Gasteiger charge is -2.19. The predicted octanol–water partition coefficient (Wildman–Crippen LogP) is 3.69. The predicted molar refractivity (Wildman–Crippen MR) is 115 cm³/mol. The van der Waals surface area contributed by atoms with E-state index in [4.69, 9.17) is 14.2 Å². The highest BCUT2D eigenvalue weighted by Crippen LogP contribution is 2.28. The summed E-state index contributed by atoms with van der Waals surface area (Å²) in [5.74, 6) is 0.834. The lowest BCUT2D eigenvalue weighted by atomic mass is 10.1. The maximum atomic E-state index is 12.0. The normalized spacial score (nSPS) is 16.2. The number of nitrogens with one attached hydrogen (secondary N) is 2. The zero-order chi connectivity index (χ0) is 21.6. The lowest BCUT2D eigenvalue weighted by Crippen LogP contribution is -2.37. The number of hydrogen-bond donors (Lipinski definition) is 2. The number of aromatic nitrogens is 1. The van der Waals surface area contributed by atoms with Crippen LogP contribution in [0.15, 0.2) is 29.6 Å². The Morgan fingerprint density at radius 2 is 2.17 bits per heavy atom. The second kappa shape index (κ2) is 9.90. The second-order valence-electron chi connectivity index (χ2n) is 8.01. The maximum absolute atomic E-state index is 12.0. The molecule has 162 valence electrons. The standard InChI is InChI=1S/C21H27N3O5S/c1-21(2,3)29-20(26)22-10-18(25)24-19-23-17(13-30-19)15-5-4-6-16(9-15)28-12-14-7-8-27-11-14/h4-6,9,13-14H,7-8,10-12H2,1-3H3,(H,22,26)(H,23,24,25). The first-order valence-corrected chi connectivity index (χ1v) is 10.7. The largest absolute Gasteiger partial charge is 0.493 e. The molecular formula is C21H27N3O5S. The third kappa shape index (κ3) is 7.00. The molecule has 8 nitrogen and oxygen atoms in total. The Hall–Kier alpha value is -2.65. The molecule has 0 saturated carbocycles. The number of anilines is 1. The molecule has 1 atom stereocenters. The van der Waals surface area contributed by atoms with Crippen molar-refractivity contribution in [3.05, 3.63) is 29.6 Å². The van der Waals surface area contributed by atoms with Gasteiger partial charge in [0.1, 0.15) is 17.9 Å². The Bertz CT molecular complexity index is 872. The molecule has 2 amide bonds. The van der Waals surface area contributed by atoms with Gasteiger partial charge in [-0.3, -0.25) is 4.79 Å². The van der Waals surface area contributed by atoms with Crippen LogP contribution < -0.4 is 15.4 Å². The van der Waals surface area contributed by atoms with E-state index in [2.05, 4.69) is 15.6 Å². The molecule has 1 fully saturated rings. The van der Waals surface area contributed by atoms with E-state index < -0.39 is 11.7 Å². The summed E-state index contributed by atoms with van der Waals surface area (Å²) in [5.41, 5.74) is 1.03. The lowest BCUT2D eigenvalue weighted by molar-refractivity contribution is -0.115. The molecule has 0 spiro atoms. The van der Waals surface area contributed by atoms with Crippen LogP contribution in [0.2, 0.25) is 0 Å². The average Bonchev–Trinajstić information content (AvgIpc) is 3.36. The van der Waals surface area contributed by atoms with Crippen molar-refractivity contribution in [1.29, 1.82) is 0 Å². The molecule has 1 aliphatic heterocycles. The molecule has 9 heteroatoms. The molecule has 3 rings (SSSR count). The quantitative estimate of drug-likeness (QED) is 0.691. The fourth-order valence-electron chi connectivity index (χ4n) is 2.77. The van der Waals surface area contributed by atoms with Gasteiger partial charge in [-0.05, 0) is 39.3 Å². The third-order valence-electron chi connectivity index (χ3n) is 4.18. The van der Waals surface area contributed by atoms with E-state index in [0.29, 0.717) is 17.7 Å². The van der Waals surface area contributed by atoms with Crippen LogP contribution in [0.4, 0.5) is 9.93 Å². The van der Waals surface area contributed by atoms with Gasteiger partial charge in [0.25, 0.3) is 0 Å². The summed E-state index contributed by atoms with van der Waals surface area (Å²) >= 11 is 1.31. The maximum Gasteiger partial charge on any atom is 0.408 e. The fourth-order valence-corrected chi connectivity index (χ4v) is 3.50. The van der Waals surface area contributed by atoms with Crippen LogP contribution in [0, 0.1) is 5.92 Å². The van der Waals surface area contributed by atoms with Gasteiger partial charge in [0.15, 0.2) is 5.13 Å². The third-order valence-corrected chi connectivity index (χ3v) is 4.94. The first-order valence-electron chi connectivity index (χ1n) is 9.82. The first-order chi connectivity index (χ1) is 14.3. The van der Waals surface area contributed by atoms with Gasteiger partial charge in [0.05, 0.1) is 18.9 Å². The molecule has 1 aliphatic rings. The van der Waals surface area contributed by atoms with Gasteiger partial charge in [-0.25, -0.2) is 9.78 Å². The summed E-state index contributed by atoms with van der Waals surface area (Å²) < 4.78 is 16.4. The summed E-state index contributed by atoms with van der Waals surface area (Å²) in [6.07, 6.45) is 0.385. The molecule has 1 aromatic carbocycles. The Morgan fingerprint density at radius 1 is 1.33 bits per heavy atom. The number of amides is 2. The molecule has 1 aromatic heterocycles. The molecule has 30 heavy (non-hydrogen) atoms. The van der Waals surface area contributed by atoms with Crippen molar-refractivity contribution in [3.63, 3.8) is 0 Å². The minimum absolute atomic E-state index is 0.196. The van der Waals surface area contributed by atoms with Crippen LogP contribution in [0.1, 0.15) is 27.2 Å². The fraction of sp³-hybridized carbons (Fsp3) is 0.476. The smallest absolute Gasteiger partial charge is 0.408 e. The molecule has 2 N–H and O–H groups in total. The van der Waals surface area contributed by atoms with E-state index in [1.165, 1.54) is 11.3 Å². The Labute approximate surface area is 179 Å². The SMILES string of the molecule is CC(C)(C)OC(=O)NCC(=O)Nc1nc(-c2cccc(OCC3CCOC3)c2)cs1. The molecule has 0 radical (unpaired) electrons. The minimum atomic E-state index is -0.640. The van der Waals surface area contributed by atoms with Crippen molar-refractivity contribution < 1.29 is 23.8 Å². The summed E-state index contributed by atoms with van der Waals surface area (Å²) in [6, 6.07) is 7.70. The van der Waals surface area contributed by atoms with Crippen molar-refractivity contribution in [1.82, 2.24) is 10.3 Å². The first kappa shape index (κ1) is 22.0. The van der Waals surface area contributed by atoms with Crippen LogP contribution in [-0.2, 0) is 14.3 Å². The molecule has 0 bridgehead atoms. The summed E-state index contributed by atoms with van der Waals surface area (Å²) in [5, 5.41) is 7.42. The molecular weight excluding hydrogens is 406 g/mol. The van der Waals surface area contributed by atoms with E-state index >= 15 is 0 Å². The van der Waals surface area contributed by atoms with Gasteiger partial charge >= 0.3 is 6.09 Å². The van der Waals surface area contributed by atoms with Crippen LogP contribution >= 0.6 is 11.3 Å². The topological polar surface area (TPSA) is 98.8 Å². The summed E-state index contributed by atoms with van der Waals surface area (Å²) in [7, 11) is 0. The van der Waals surface area contributed by atoms with E-state index in [9.17, 15) is 9.59 Å². The summed E-state index contributed by atoms with van der Waals surface area (Å²) in [6.45, 7) is 7.25. The number of carbonyl (C=O) groups is 2. The average molecular weight is 434 g/mol. The number of carbonyl (C=O) groups excluding carboxylic acids is 2. The monoisotopic (exact) mass is 433 g/mol. The summed E-state index contributed by atoms with van der Waals surface area (Å²) in [4.78, 5) is 28.1.